The molecule has 6 nitrogen and oxygen atoms in total. The van der Waals surface area contributed by atoms with Gasteiger partial charge in [0.15, 0.2) is 0 Å². The predicted molar refractivity (Wildman–Crippen MR) is 61.2 cm³/mol. The first-order valence-corrected chi connectivity index (χ1v) is 5.95. The topological polar surface area (TPSA) is 87.7 Å². The van der Waals surface area contributed by atoms with E-state index in [9.17, 15) is 9.59 Å². The van der Waals surface area contributed by atoms with E-state index in [4.69, 9.17) is 9.84 Å². The van der Waals surface area contributed by atoms with Crippen molar-refractivity contribution in [3.8, 4) is 0 Å². The van der Waals surface area contributed by atoms with Crippen LogP contribution in [0.25, 0.3) is 0 Å². The molecule has 1 aliphatic rings. The van der Waals surface area contributed by atoms with Crippen molar-refractivity contribution < 1.29 is 19.4 Å². The maximum absolute atomic E-state index is 11.6. The minimum atomic E-state index is -1.09. The molecule has 0 radical (unpaired) electrons. The van der Waals surface area contributed by atoms with E-state index in [-0.39, 0.29) is 23.8 Å². The van der Waals surface area contributed by atoms with Crippen LogP contribution in [-0.2, 0) is 9.53 Å². The summed E-state index contributed by atoms with van der Waals surface area (Å²) < 4.78 is 5.02. The number of carbonyl (C=O) groups is 2. The van der Waals surface area contributed by atoms with Crippen molar-refractivity contribution in [3.63, 3.8) is 0 Å². The molecular weight excluding hydrogens is 224 g/mol. The Labute approximate surface area is 101 Å². The molecule has 3 N–H and O–H groups in total. The van der Waals surface area contributed by atoms with E-state index in [1.54, 1.807) is 6.92 Å². The number of rotatable bonds is 4. The number of carbonyl (C=O) groups excluding carboxylic acids is 1. The quantitative estimate of drug-likeness (QED) is 0.509. The molecule has 0 aromatic heterocycles. The lowest BCUT2D eigenvalue weighted by Gasteiger charge is -2.32. The standard InChI is InChI=1S/C11H20N2O4/c1-3-17-10(14)9-5-4-8(6-7(9)2)12-13-11(15)16/h7-9,12-13H,3-6H2,1-2H3,(H,15,16)/t7-,8-,9-/m1/s1. The number of carboxylic acid groups (broad SMARTS) is 1. The van der Waals surface area contributed by atoms with Crippen molar-refractivity contribution >= 4 is 12.1 Å². The molecule has 1 rings (SSSR count). The van der Waals surface area contributed by atoms with Crippen molar-refractivity contribution in [1.82, 2.24) is 10.9 Å². The summed E-state index contributed by atoms with van der Waals surface area (Å²) in [5.41, 5.74) is 4.90. The van der Waals surface area contributed by atoms with Crippen molar-refractivity contribution in [2.45, 2.75) is 39.2 Å². The van der Waals surface area contributed by atoms with E-state index in [0.29, 0.717) is 6.61 Å². The summed E-state index contributed by atoms with van der Waals surface area (Å²) in [6.45, 7) is 4.20. The van der Waals surface area contributed by atoms with Crippen molar-refractivity contribution in [3.05, 3.63) is 0 Å². The molecule has 1 amide bonds. The molecule has 1 fully saturated rings. The molecule has 6 heteroatoms. The zero-order valence-electron chi connectivity index (χ0n) is 10.2. The highest BCUT2D eigenvalue weighted by Crippen LogP contribution is 2.30. The van der Waals surface area contributed by atoms with Gasteiger partial charge < -0.3 is 9.84 Å². The first kappa shape index (κ1) is 13.8. The summed E-state index contributed by atoms with van der Waals surface area (Å²) in [7, 11) is 0. The van der Waals surface area contributed by atoms with Gasteiger partial charge in [0, 0.05) is 6.04 Å². The highest BCUT2D eigenvalue weighted by Gasteiger charge is 2.33. The Kier molecular flexibility index (Phi) is 5.21. The SMILES string of the molecule is CCOC(=O)[C@@H]1CC[C@@H](NNC(=O)O)C[C@H]1C. The Hall–Kier alpha value is -1.30. The molecule has 0 bridgehead atoms. The van der Waals surface area contributed by atoms with Gasteiger partial charge in [0.05, 0.1) is 12.5 Å². The van der Waals surface area contributed by atoms with Gasteiger partial charge in [0.25, 0.3) is 0 Å². The maximum atomic E-state index is 11.6. The maximum Gasteiger partial charge on any atom is 0.419 e. The van der Waals surface area contributed by atoms with Crippen LogP contribution in [-0.4, -0.2) is 29.8 Å². The molecule has 3 atom stereocenters. The third-order valence-corrected chi connectivity index (χ3v) is 3.14. The molecule has 0 spiro atoms. The van der Waals surface area contributed by atoms with Gasteiger partial charge >= 0.3 is 12.1 Å². The average Bonchev–Trinajstić information content (AvgIpc) is 2.26. The third-order valence-electron chi connectivity index (χ3n) is 3.14. The number of amides is 1. The van der Waals surface area contributed by atoms with Crippen molar-refractivity contribution in [2.75, 3.05) is 6.61 Å². The Bertz CT molecular complexity index is 283. The molecular formula is C11H20N2O4. The van der Waals surface area contributed by atoms with Crippen LogP contribution in [0.4, 0.5) is 4.79 Å². The molecule has 0 heterocycles. The van der Waals surface area contributed by atoms with Gasteiger partial charge in [0.1, 0.15) is 0 Å². The first-order valence-electron chi connectivity index (χ1n) is 5.95. The van der Waals surface area contributed by atoms with Crippen molar-refractivity contribution in [1.29, 1.82) is 0 Å². The van der Waals surface area contributed by atoms with Crippen LogP contribution < -0.4 is 10.9 Å². The van der Waals surface area contributed by atoms with Gasteiger partial charge in [-0.1, -0.05) is 6.92 Å². The molecule has 0 aromatic carbocycles. The van der Waals surface area contributed by atoms with Crippen LogP contribution >= 0.6 is 0 Å². The molecule has 0 saturated heterocycles. The van der Waals surface area contributed by atoms with Gasteiger partial charge in [-0.05, 0) is 32.1 Å². The summed E-state index contributed by atoms with van der Waals surface area (Å²) in [4.78, 5) is 22.0. The summed E-state index contributed by atoms with van der Waals surface area (Å²) in [6, 6.07) is 0.0896. The zero-order chi connectivity index (χ0) is 12.8. The number of nitrogens with one attached hydrogen (secondary N) is 2. The summed E-state index contributed by atoms with van der Waals surface area (Å²) in [5, 5.41) is 8.47. The second kappa shape index (κ2) is 6.44. The molecule has 17 heavy (non-hydrogen) atoms. The summed E-state index contributed by atoms with van der Waals surface area (Å²) in [6.07, 6.45) is 1.18. The van der Waals surface area contributed by atoms with Gasteiger partial charge in [-0.2, -0.15) is 0 Å². The number of hydrogen-bond acceptors (Lipinski definition) is 4. The number of esters is 1. The van der Waals surface area contributed by atoms with E-state index in [1.807, 2.05) is 6.92 Å². The van der Waals surface area contributed by atoms with Crippen LogP contribution in [0.5, 0.6) is 0 Å². The highest BCUT2D eigenvalue weighted by molar-refractivity contribution is 5.72. The second-order valence-electron chi connectivity index (χ2n) is 4.42. The van der Waals surface area contributed by atoms with Crippen LogP contribution in [0.2, 0.25) is 0 Å². The monoisotopic (exact) mass is 244 g/mol. The third kappa shape index (κ3) is 4.22. The number of hydrazine groups is 1. The van der Waals surface area contributed by atoms with E-state index in [1.165, 1.54) is 0 Å². The minimum Gasteiger partial charge on any atom is -0.466 e. The fourth-order valence-corrected chi connectivity index (χ4v) is 2.29. The van der Waals surface area contributed by atoms with E-state index in [0.717, 1.165) is 19.3 Å². The van der Waals surface area contributed by atoms with Gasteiger partial charge in [0.2, 0.25) is 0 Å². The van der Waals surface area contributed by atoms with E-state index in [2.05, 4.69) is 10.9 Å². The average molecular weight is 244 g/mol. The molecule has 1 saturated carbocycles. The Morgan fingerprint density at radius 3 is 2.65 bits per heavy atom. The Balaban J connectivity index is 2.38. The number of hydrogen-bond donors (Lipinski definition) is 3. The summed E-state index contributed by atoms with van der Waals surface area (Å²) in [5.74, 6) is 0.0124. The predicted octanol–water partition coefficient (Wildman–Crippen LogP) is 1.13. The zero-order valence-corrected chi connectivity index (χ0v) is 10.2. The van der Waals surface area contributed by atoms with Crippen molar-refractivity contribution in [2.24, 2.45) is 11.8 Å². The van der Waals surface area contributed by atoms with Crippen LogP contribution in [0.1, 0.15) is 33.1 Å². The fourth-order valence-electron chi connectivity index (χ4n) is 2.29. The summed E-state index contributed by atoms with van der Waals surface area (Å²) >= 11 is 0. The molecule has 1 aliphatic carbocycles. The van der Waals surface area contributed by atoms with Crippen LogP contribution in [0, 0.1) is 11.8 Å². The molecule has 0 aromatic rings. The van der Waals surface area contributed by atoms with Gasteiger partial charge in [-0.25, -0.2) is 10.2 Å². The lowest BCUT2D eigenvalue weighted by atomic mass is 9.78. The van der Waals surface area contributed by atoms with Crippen LogP contribution in [0.15, 0.2) is 0 Å². The molecule has 0 unspecified atom stereocenters. The Morgan fingerprint density at radius 1 is 1.41 bits per heavy atom. The fraction of sp³-hybridized carbons (Fsp3) is 0.818. The van der Waals surface area contributed by atoms with Gasteiger partial charge in [-0.3, -0.25) is 10.2 Å². The van der Waals surface area contributed by atoms with E-state index >= 15 is 0 Å². The highest BCUT2D eigenvalue weighted by atomic mass is 16.5. The van der Waals surface area contributed by atoms with Crippen LogP contribution in [0.3, 0.4) is 0 Å². The van der Waals surface area contributed by atoms with E-state index < -0.39 is 6.09 Å². The first-order chi connectivity index (χ1) is 8.04. The largest absolute Gasteiger partial charge is 0.466 e. The molecule has 0 aliphatic heterocycles. The lowest BCUT2D eigenvalue weighted by Crippen LogP contribution is -2.47. The lowest BCUT2D eigenvalue weighted by molar-refractivity contribution is -0.151. The minimum absolute atomic E-state index is 0.0576. The second-order valence-corrected chi connectivity index (χ2v) is 4.42. The van der Waals surface area contributed by atoms with Gasteiger partial charge in [-0.15, -0.1) is 0 Å². The smallest absolute Gasteiger partial charge is 0.419 e. The molecule has 98 valence electrons. The number of ether oxygens (including phenoxy) is 1. The Morgan fingerprint density at radius 2 is 2.12 bits per heavy atom. The normalized spacial score (nSPS) is 28.5.